The Morgan fingerprint density at radius 3 is 1.10 bits per heavy atom. The predicted octanol–water partition coefficient (Wildman–Crippen LogP) is 13.4. The maximum absolute atomic E-state index is 4.87. The van der Waals surface area contributed by atoms with Crippen molar-refractivity contribution < 1.29 is 0 Å². The van der Waals surface area contributed by atoms with Crippen LogP contribution in [0.4, 0.5) is 0 Å². The van der Waals surface area contributed by atoms with Crippen LogP contribution < -0.4 is 0 Å². The maximum Gasteiger partial charge on any atom is 0.0705 e. The van der Waals surface area contributed by atoms with Gasteiger partial charge in [0, 0.05) is 34.6 Å². The van der Waals surface area contributed by atoms with Gasteiger partial charge in [0.15, 0.2) is 0 Å². The summed E-state index contributed by atoms with van der Waals surface area (Å²) in [6, 6.07) is 56.6. The Kier molecular flexibility index (Phi) is 8.89. The zero-order valence-electron chi connectivity index (χ0n) is 30.1. The van der Waals surface area contributed by atoms with Crippen LogP contribution in [0.5, 0.6) is 0 Å². The number of rotatable bonds is 7. The van der Waals surface area contributed by atoms with E-state index in [4.69, 9.17) is 9.97 Å². The van der Waals surface area contributed by atoms with Crippen molar-refractivity contribution >= 4 is 0 Å². The van der Waals surface area contributed by atoms with Crippen molar-refractivity contribution in [3.63, 3.8) is 0 Å². The summed E-state index contributed by atoms with van der Waals surface area (Å²) >= 11 is 0. The number of hydrogen-bond acceptors (Lipinski definition) is 2. The molecule has 0 radical (unpaired) electrons. The van der Waals surface area contributed by atoms with Crippen molar-refractivity contribution in [3.8, 4) is 78.1 Å². The first-order valence-corrected chi connectivity index (χ1v) is 17.9. The molecule has 2 heterocycles. The van der Waals surface area contributed by atoms with Crippen LogP contribution in [-0.2, 0) is 0 Å². The van der Waals surface area contributed by atoms with Crippen molar-refractivity contribution in [2.75, 3.05) is 0 Å². The minimum atomic E-state index is 0.978. The summed E-state index contributed by atoms with van der Waals surface area (Å²) in [7, 11) is 0. The average molecular weight is 669 g/mol. The SMILES string of the molecule is Cc1cc(C)cc(-c2c(-c3ccc(-c4cc(C)c(-c5ccccc5)cn4)cc3)cccc2-c2ccc(-c3cc(C)c(-c4ccccc4)cn3)cc2)c1. The van der Waals surface area contributed by atoms with E-state index in [1.807, 2.05) is 24.5 Å². The zero-order chi connectivity index (χ0) is 35.6. The molecule has 0 amide bonds. The van der Waals surface area contributed by atoms with Gasteiger partial charge in [-0.05, 0) is 95.5 Å². The molecule has 0 N–H and O–H groups in total. The summed E-state index contributed by atoms with van der Waals surface area (Å²) in [4.78, 5) is 9.75. The molecule has 52 heavy (non-hydrogen) atoms. The van der Waals surface area contributed by atoms with E-state index in [1.54, 1.807) is 0 Å². The molecule has 0 saturated carbocycles. The van der Waals surface area contributed by atoms with Crippen LogP contribution in [0.25, 0.3) is 78.1 Å². The molecule has 0 unspecified atom stereocenters. The molecule has 0 atom stereocenters. The molecule has 8 rings (SSSR count). The highest BCUT2D eigenvalue weighted by atomic mass is 14.7. The maximum atomic E-state index is 4.87. The Balaban J connectivity index is 1.16. The van der Waals surface area contributed by atoms with E-state index in [9.17, 15) is 0 Å². The second kappa shape index (κ2) is 14.1. The van der Waals surface area contributed by atoms with Gasteiger partial charge in [-0.2, -0.15) is 0 Å². The van der Waals surface area contributed by atoms with E-state index in [0.717, 1.165) is 33.6 Å². The fourth-order valence-electron chi connectivity index (χ4n) is 7.37. The lowest BCUT2D eigenvalue weighted by Gasteiger charge is -2.18. The van der Waals surface area contributed by atoms with Gasteiger partial charge in [-0.3, -0.25) is 9.97 Å². The van der Waals surface area contributed by atoms with Gasteiger partial charge < -0.3 is 0 Å². The number of benzene rings is 6. The van der Waals surface area contributed by atoms with Gasteiger partial charge in [-0.15, -0.1) is 0 Å². The number of aromatic nitrogens is 2. The first-order chi connectivity index (χ1) is 25.4. The number of pyridine rings is 2. The molecule has 0 bridgehead atoms. The van der Waals surface area contributed by atoms with Crippen LogP contribution in [0, 0.1) is 27.7 Å². The highest BCUT2D eigenvalue weighted by Crippen LogP contribution is 2.42. The van der Waals surface area contributed by atoms with Crippen LogP contribution >= 0.6 is 0 Å². The van der Waals surface area contributed by atoms with Gasteiger partial charge in [-0.25, -0.2) is 0 Å². The van der Waals surface area contributed by atoms with Gasteiger partial charge in [-0.1, -0.05) is 157 Å². The molecule has 6 aromatic carbocycles. The number of aryl methyl sites for hydroxylation is 4. The van der Waals surface area contributed by atoms with Gasteiger partial charge >= 0.3 is 0 Å². The largest absolute Gasteiger partial charge is 0.256 e. The van der Waals surface area contributed by atoms with Gasteiger partial charge in [0.05, 0.1) is 11.4 Å². The van der Waals surface area contributed by atoms with E-state index in [-0.39, 0.29) is 0 Å². The first kappa shape index (κ1) is 32.8. The standard InChI is InChI=1S/C50H40N2/c1-33-26-34(2)28-43(27-33)50-44(39-18-22-41(23-19-39)48-29-35(3)46(31-51-48)37-12-7-5-8-13-37)16-11-17-45(50)40-20-24-42(25-21-40)49-30-36(4)47(32-52-49)38-14-9-6-10-15-38/h5-32H,1-4H3. The lowest BCUT2D eigenvalue weighted by atomic mass is 9.86. The molecule has 0 saturated heterocycles. The molecule has 250 valence electrons. The van der Waals surface area contributed by atoms with E-state index < -0.39 is 0 Å². The van der Waals surface area contributed by atoms with E-state index in [0.29, 0.717) is 0 Å². The lowest BCUT2D eigenvalue weighted by molar-refractivity contribution is 1.29. The molecule has 0 aliphatic heterocycles. The van der Waals surface area contributed by atoms with Crippen LogP contribution in [0.1, 0.15) is 22.3 Å². The monoisotopic (exact) mass is 668 g/mol. The predicted molar refractivity (Wildman–Crippen MR) is 219 cm³/mol. The fourth-order valence-corrected chi connectivity index (χ4v) is 7.37. The normalized spacial score (nSPS) is 11.1. The molecule has 0 aliphatic rings. The smallest absolute Gasteiger partial charge is 0.0705 e. The second-order valence-corrected chi connectivity index (χ2v) is 13.8. The third-order valence-electron chi connectivity index (χ3n) is 9.95. The Hall–Kier alpha value is -6.38. The molecule has 0 aliphatic carbocycles. The lowest BCUT2D eigenvalue weighted by Crippen LogP contribution is -1.93. The summed E-state index contributed by atoms with van der Waals surface area (Å²) in [5, 5.41) is 0. The molecule has 0 fully saturated rings. The molecule has 2 nitrogen and oxygen atoms in total. The Labute approximate surface area is 307 Å². The molecular weight excluding hydrogens is 629 g/mol. The summed E-state index contributed by atoms with van der Waals surface area (Å²) in [6.45, 7) is 8.68. The fraction of sp³-hybridized carbons (Fsp3) is 0.0800. The minimum absolute atomic E-state index is 0.978. The van der Waals surface area contributed by atoms with Crippen molar-refractivity contribution in [2.24, 2.45) is 0 Å². The molecule has 8 aromatic rings. The highest BCUT2D eigenvalue weighted by Gasteiger charge is 2.16. The third kappa shape index (κ3) is 6.59. The summed E-state index contributed by atoms with van der Waals surface area (Å²) in [5.41, 5.74) is 21.0. The third-order valence-corrected chi connectivity index (χ3v) is 9.95. The quantitative estimate of drug-likeness (QED) is 0.169. The van der Waals surface area contributed by atoms with Gasteiger partial charge in [0.2, 0.25) is 0 Å². The average Bonchev–Trinajstić information content (AvgIpc) is 3.18. The number of hydrogen-bond donors (Lipinski definition) is 0. The molecule has 2 heteroatoms. The second-order valence-electron chi connectivity index (χ2n) is 13.8. The minimum Gasteiger partial charge on any atom is -0.256 e. The van der Waals surface area contributed by atoms with Crippen molar-refractivity contribution in [1.82, 2.24) is 9.97 Å². The summed E-state index contributed by atoms with van der Waals surface area (Å²) < 4.78 is 0. The highest BCUT2D eigenvalue weighted by molar-refractivity contribution is 5.95. The Morgan fingerprint density at radius 1 is 0.308 bits per heavy atom. The Bertz CT molecular complexity index is 2340. The van der Waals surface area contributed by atoms with Gasteiger partial charge in [0.1, 0.15) is 0 Å². The number of nitrogens with zero attached hydrogens (tertiary/aromatic N) is 2. The molecule has 0 spiro atoms. The zero-order valence-corrected chi connectivity index (χ0v) is 30.1. The van der Waals surface area contributed by atoms with Crippen molar-refractivity contribution in [3.05, 3.63) is 192 Å². The van der Waals surface area contributed by atoms with Crippen molar-refractivity contribution in [2.45, 2.75) is 27.7 Å². The van der Waals surface area contributed by atoms with E-state index >= 15 is 0 Å². The van der Waals surface area contributed by atoms with Crippen LogP contribution in [-0.4, -0.2) is 9.97 Å². The first-order valence-electron chi connectivity index (χ1n) is 17.9. The van der Waals surface area contributed by atoms with E-state index in [1.165, 1.54) is 66.8 Å². The van der Waals surface area contributed by atoms with Crippen LogP contribution in [0.15, 0.2) is 170 Å². The molecule has 2 aromatic heterocycles. The summed E-state index contributed by atoms with van der Waals surface area (Å²) in [6.07, 6.45) is 4.00. The Morgan fingerprint density at radius 2 is 0.692 bits per heavy atom. The van der Waals surface area contributed by atoms with Crippen LogP contribution in [0.3, 0.4) is 0 Å². The van der Waals surface area contributed by atoms with Crippen LogP contribution in [0.2, 0.25) is 0 Å². The topological polar surface area (TPSA) is 25.8 Å². The van der Waals surface area contributed by atoms with Gasteiger partial charge in [0.25, 0.3) is 0 Å². The summed E-state index contributed by atoms with van der Waals surface area (Å²) in [5.74, 6) is 0. The van der Waals surface area contributed by atoms with Crippen molar-refractivity contribution in [1.29, 1.82) is 0 Å². The molecular formula is C50H40N2. The van der Waals surface area contributed by atoms with E-state index in [2.05, 4.69) is 173 Å².